The third kappa shape index (κ3) is 5.42. The fraction of sp³-hybridized carbons (Fsp3) is 0.278. The molecule has 0 saturated carbocycles. The van der Waals surface area contributed by atoms with Crippen molar-refractivity contribution in [1.29, 1.82) is 0 Å². The quantitative estimate of drug-likeness (QED) is 0.413. The van der Waals surface area contributed by atoms with Crippen LogP contribution in [0.2, 0.25) is 0 Å². The fourth-order valence-corrected chi connectivity index (χ4v) is 2.08. The fourth-order valence-electron chi connectivity index (χ4n) is 1.90. The number of nitrogens with one attached hydrogen (secondary N) is 1. The van der Waals surface area contributed by atoms with Gasteiger partial charge in [-0.25, -0.2) is 4.39 Å². The first-order valence-corrected chi connectivity index (χ1v) is 7.77. The number of halogens is 2. The largest absolute Gasteiger partial charge is 0.494 e. The van der Waals surface area contributed by atoms with Crippen LogP contribution in [0.5, 0.6) is 5.75 Å². The molecule has 1 aromatic carbocycles. The SMILES string of the molecule is C=C/C(OCCC)=C(\C(=C)Cl)C(=O)NCc1ccc(OC)c(F)c1. The van der Waals surface area contributed by atoms with Crippen LogP contribution in [-0.2, 0) is 16.1 Å². The molecule has 1 amide bonds. The summed E-state index contributed by atoms with van der Waals surface area (Å²) < 4.78 is 24.0. The van der Waals surface area contributed by atoms with Crippen molar-refractivity contribution >= 4 is 17.5 Å². The van der Waals surface area contributed by atoms with Gasteiger partial charge >= 0.3 is 0 Å². The average Bonchev–Trinajstić information content (AvgIpc) is 2.56. The summed E-state index contributed by atoms with van der Waals surface area (Å²) in [5.41, 5.74) is 0.685. The zero-order chi connectivity index (χ0) is 18.1. The van der Waals surface area contributed by atoms with Gasteiger partial charge in [0.1, 0.15) is 5.76 Å². The van der Waals surface area contributed by atoms with E-state index in [2.05, 4.69) is 18.5 Å². The lowest BCUT2D eigenvalue weighted by atomic mass is 10.1. The summed E-state index contributed by atoms with van der Waals surface area (Å²) in [4.78, 5) is 12.4. The molecule has 1 N–H and O–H groups in total. The molecule has 1 rings (SSSR count). The summed E-state index contributed by atoms with van der Waals surface area (Å²) in [5, 5.41) is 2.70. The second kappa shape index (κ2) is 9.78. The Morgan fingerprint density at radius 2 is 2.17 bits per heavy atom. The van der Waals surface area contributed by atoms with Gasteiger partial charge in [0.05, 0.1) is 19.3 Å². The van der Waals surface area contributed by atoms with Crippen LogP contribution in [-0.4, -0.2) is 19.6 Å². The number of ether oxygens (including phenoxy) is 2. The highest BCUT2D eigenvalue weighted by molar-refractivity contribution is 6.35. The van der Waals surface area contributed by atoms with Gasteiger partial charge in [0, 0.05) is 11.6 Å². The minimum atomic E-state index is -0.500. The summed E-state index contributed by atoms with van der Waals surface area (Å²) in [6.07, 6.45) is 2.18. The third-order valence-electron chi connectivity index (χ3n) is 3.06. The first-order chi connectivity index (χ1) is 11.4. The molecule has 0 aliphatic carbocycles. The maximum absolute atomic E-state index is 13.7. The van der Waals surface area contributed by atoms with E-state index in [1.807, 2.05) is 6.92 Å². The standard InChI is InChI=1S/C18H21ClFNO3/c1-5-9-24-15(6-2)17(12(3)19)18(22)21-11-13-7-8-16(23-4)14(20)10-13/h6-8,10H,2-3,5,9,11H2,1,4H3,(H,21,22)/b17-15-. The van der Waals surface area contributed by atoms with Gasteiger partial charge in [-0.15, -0.1) is 0 Å². The number of benzene rings is 1. The third-order valence-corrected chi connectivity index (χ3v) is 3.25. The molecule has 24 heavy (non-hydrogen) atoms. The van der Waals surface area contributed by atoms with Crippen molar-refractivity contribution in [3.8, 4) is 5.75 Å². The van der Waals surface area contributed by atoms with E-state index in [9.17, 15) is 9.18 Å². The van der Waals surface area contributed by atoms with Gasteiger partial charge in [0.2, 0.25) is 0 Å². The van der Waals surface area contributed by atoms with E-state index in [4.69, 9.17) is 21.1 Å². The van der Waals surface area contributed by atoms with E-state index in [1.165, 1.54) is 25.3 Å². The molecule has 130 valence electrons. The predicted octanol–water partition coefficient (Wildman–Crippen LogP) is 4.07. The van der Waals surface area contributed by atoms with E-state index < -0.39 is 11.7 Å². The molecule has 0 aromatic heterocycles. The van der Waals surface area contributed by atoms with Crippen LogP contribution in [0, 0.1) is 5.82 Å². The number of rotatable bonds is 9. The maximum Gasteiger partial charge on any atom is 0.256 e. The van der Waals surface area contributed by atoms with Crippen LogP contribution in [0.1, 0.15) is 18.9 Å². The highest BCUT2D eigenvalue weighted by atomic mass is 35.5. The van der Waals surface area contributed by atoms with Crippen LogP contribution in [0.4, 0.5) is 4.39 Å². The Hall–Kier alpha value is -2.27. The van der Waals surface area contributed by atoms with Crippen molar-refractivity contribution in [2.24, 2.45) is 0 Å². The topological polar surface area (TPSA) is 47.6 Å². The summed E-state index contributed by atoms with van der Waals surface area (Å²) in [6.45, 7) is 9.69. The highest BCUT2D eigenvalue weighted by Crippen LogP contribution is 2.21. The molecule has 0 aliphatic rings. The number of hydrogen-bond donors (Lipinski definition) is 1. The first kappa shape index (κ1) is 19.8. The Balaban J connectivity index is 2.89. The average molecular weight is 354 g/mol. The number of carbonyl (C=O) groups excluding carboxylic acids is 1. The van der Waals surface area contributed by atoms with Gasteiger partial charge in [0.25, 0.3) is 5.91 Å². The lowest BCUT2D eigenvalue weighted by molar-refractivity contribution is -0.117. The lowest BCUT2D eigenvalue weighted by Gasteiger charge is -2.13. The molecule has 0 unspecified atom stereocenters. The second-order valence-electron chi connectivity index (χ2n) is 4.85. The zero-order valence-electron chi connectivity index (χ0n) is 13.8. The van der Waals surface area contributed by atoms with Gasteiger partial charge in [-0.2, -0.15) is 0 Å². The predicted molar refractivity (Wildman–Crippen MR) is 93.3 cm³/mol. The van der Waals surface area contributed by atoms with Gasteiger partial charge in [-0.05, 0) is 30.2 Å². The minimum Gasteiger partial charge on any atom is -0.494 e. The number of methoxy groups -OCH3 is 1. The number of amides is 1. The molecule has 6 heteroatoms. The molecule has 0 aliphatic heterocycles. The van der Waals surface area contributed by atoms with Crippen molar-refractivity contribution in [1.82, 2.24) is 5.32 Å². The monoisotopic (exact) mass is 353 g/mol. The highest BCUT2D eigenvalue weighted by Gasteiger charge is 2.17. The lowest BCUT2D eigenvalue weighted by Crippen LogP contribution is -2.26. The summed E-state index contributed by atoms with van der Waals surface area (Å²) >= 11 is 5.92. The van der Waals surface area contributed by atoms with Crippen molar-refractivity contribution in [3.05, 3.63) is 65.2 Å². The first-order valence-electron chi connectivity index (χ1n) is 7.39. The summed E-state index contributed by atoms with van der Waals surface area (Å²) in [7, 11) is 1.39. The van der Waals surface area contributed by atoms with Crippen molar-refractivity contribution in [2.75, 3.05) is 13.7 Å². The molecule has 0 heterocycles. The second-order valence-corrected chi connectivity index (χ2v) is 5.30. The molecule has 0 bridgehead atoms. The Morgan fingerprint density at radius 1 is 1.46 bits per heavy atom. The van der Waals surface area contributed by atoms with Gasteiger partial charge in [0.15, 0.2) is 11.6 Å². The van der Waals surface area contributed by atoms with Crippen LogP contribution in [0.15, 0.2) is 53.8 Å². The van der Waals surface area contributed by atoms with Crippen LogP contribution >= 0.6 is 11.6 Å². The van der Waals surface area contributed by atoms with Gasteiger partial charge < -0.3 is 14.8 Å². The Morgan fingerprint density at radius 3 is 2.67 bits per heavy atom. The summed E-state index contributed by atoms with van der Waals surface area (Å²) in [6, 6.07) is 4.44. The summed E-state index contributed by atoms with van der Waals surface area (Å²) in [5.74, 6) is -0.575. The Bertz CT molecular complexity index is 656. The van der Waals surface area contributed by atoms with Crippen molar-refractivity contribution in [3.63, 3.8) is 0 Å². The van der Waals surface area contributed by atoms with Crippen LogP contribution in [0.25, 0.3) is 0 Å². The molecule has 4 nitrogen and oxygen atoms in total. The van der Waals surface area contributed by atoms with Crippen molar-refractivity contribution < 1.29 is 18.7 Å². The molecule has 0 radical (unpaired) electrons. The molecule has 0 atom stereocenters. The van der Waals surface area contributed by atoms with Crippen LogP contribution < -0.4 is 10.1 Å². The number of allylic oxidation sites excluding steroid dienone is 1. The smallest absolute Gasteiger partial charge is 0.256 e. The van der Waals surface area contributed by atoms with E-state index >= 15 is 0 Å². The number of carbonyl (C=O) groups is 1. The molecule has 0 saturated heterocycles. The maximum atomic E-state index is 13.7. The zero-order valence-corrected chi connectivity index (χ0v) is 14.6. The molecular weight excluding hydrogens is 333 g/mol. The van der Waals surface area contributed by atoms with Gasteiger partial charge in [-0.3, -0.25) is 4.79 Å². The Kier molecular flexibility index (Phi) is 8.06. The normalized spacial score (nSPS) is 11.3. The molecular formula is C18H21ClFNO3. The Labute approximate surface area is 146 Å². The minimum absolute atomic E-state index is 0.0411. The van der Waals surface area contributed by atoms with Crippen LogP contribution in [0.3, 0.4) is 0 Å². The van der Waals surface area contributed by atoms with Crippen molar-refractivity contribution in [2.45, 2.75) is 19.9 Å². The number of hydrogen-bond acceptors (Lipinski definition) is 3. The molecule has 1 aromatic rings. The van der Waals surface area contributed by atoms with E-state index in [1.54, 1.807) is 6.07 Å². The van der Waals surface area contributed by atoms with E-state index in [-0.39, 0.29) is 28.7 Å². The molecule has 0 fully saturated rings. The molecule has 0 spiro atoms. The van der Waals surface area contributed by atoms with E-state index in [0.717, 1.165) is 6.42 Å². The van der Waals surface area contributed by atoms with Gasteiger partial charge in [-0.1, -0.05) is 37.7 Å². The van der Waals surface area contributed by atoms with E-state index in [0.29, 0.717) is 12.2 Å².